The van der Waals surface area contributed by atoms with Crippen LogP contribution in [-0.2, 0) is 0 Å². The number of anilines is 2. The van der Waals surface area contributed by atoms with Crippen LogP contribution in [0.2, 0.25) is 10.0 Å². The lowest BCUT2D eigenvalue weighted by Gasteiger charge is -2.47. The SMILES string of the molecule is C[C@@H](Nc1cc(N2CC([C@H]3CCCN(CCO)C3)C2)nc2nonc12)c1ccc(Cl)cc1Cl. The Morgan fingerprint density at radius 2 is 2.03 bits per heavy atom. The maximum absolute atomic E-state index is 9.27. The molecule has 5 rings (SSSR count). The van der Waals surface area contributed by atoms with Crippen LogP contribution in [0.4, 0.5) is 11.5 Å². The van der Waals surface area contributed by atoms with Gasteiger partial charge in [0, 0.05) is 42.3 Å². The van der Waals surface area contributed by atoms with Crippen LogP contribution in [0, 0.1) is 11.8 Å². The summed E-state index contributed by atoms with van der Waals surface area (Å²) < 4.78 is 4.98. The molecule has 2 aliphatic heterocycles. The van der Waals surface area contributed by atoms with E-state index in [4.69, 9.17) is 27.8 Å². The van der Waals surface area contributed by atoms with Crippen molar-refractivity contribution in [3.8, 4) is 0 Å². The van der Waals surface area contributed by atoms with Crippen molar-refractivity contribution in [1.29, 1.82) is 0 Å². The molecule has 0 saturated carbocycles. The molecule has 2 fully saturated rings. The van der Waals surface area contributed by atoms with E-state index in [-0.39, 0.29) is 12.6 Å². The van der Waals surface area contributed by atoms with Crippen molar-refractivity contribution in [3.63, 3.8) is 0 Å². The third-order valence-corrected chi connectivity index (χ3v) is 7.44. The van der Waals surface area contributed by atoms with Crippen LogP contribution in [0.25, 0.3) is 11.2 Å². The predicted octanol–water partition coefficient (Wildman–Crippen LogP) is 4.24. The van der Waals surface area contributed by atoms with E-state index < -0.39 is 0 Å². The Morgan fingerprint density at radius 3 is 2.82 bits per heavy atom. The molecule has 0 radical (unpaired) electrons. The molecule has 176 valence electrons. The second-order valence-corrected chi connectivity index (χ2v) is 9.93. The number of aliphatic hydroxyl groups excluding tert-OH is 1. The number of benzene rings is 1. The molecule has 33 heavy (non-hydrogen) atoms. The van der Waals surface area contributed by atoms with Gasteiger partial charge < -0.3 is 20.2 Å². The number of likely N-dealkylation sites (tertiary alicyclic amines) is 1. The predicted molar refractivity (Wildman–Crippen MR) is 130 cm³/mol. The first-order valence-electron chi connectivity index (χ1n) is 11.4. The second-order valence-electron chi connectivity index (χ2n) is 9.09. The van der Waals surface area contributed by atoms with Crippen molar-refractivity contribution in [3.05, 3.63) is 39.9 Å². The maximum atomic E-state index is 9.27. The number of piperidine rings is 1. The summed E-state index contributed by atoms with van der Waals surface area (Å²) in [5, 5.41) is 22.0. The monoisotopic (exact) mass is 490 g/mol. The lowest BCUT2D eigenvalue weighted by molar-refractivity contribution is 0.102. The fourth-order valence-electron chi connectivity index (χ4n) is 5.02. The first kappa shape index (κ1) is 22.7. The number of aliphatic hydroxyl groups is 1. The minimum absolute atomic E-state index is 0.0752. The van der Waals surface area contributed by atoms with Gasteiger partial charge in [0.2, 0.25) is 5.65 Å². The largest absolute Gasteiger partial charge is 0.395 e. The van der Waals surface area contributed by atoms with E-state index in [0.29, 0.717) is 33.0 Å². The first-order chi connectivity index (χ1) is 16.0. The van der Waals surface area contributed by atoms with E-state index in [9.17, 15) is 5.11 Å². The van der Waals surface area contributed by atoms with Gasteiger partial charge >= 0.3 is 0 Å². The molecule has 2 atom stereocenters. The number of nitrogens with zero attached hydrogens (tertiary/aromatic N) is 5. The number of rotatable bonds is 7. The summed E-state index contributed by atoms with van der Waals surface area (Å²) in [5.74, 6) is 2.18. The van der Waals surface area contributed by atoms with Gasteiger partial charge in [-0.05, 0) is 66.2 Å². The molecule has 0 bridgehead atoms. The Kier molecular flexibility index (Phi) is 6.60. The lowest BCUT2D eigenvalue weighted by atomic mass is 9.80. The Bertz CT molecular complexity index is 1120. The minimum Gasteiger partial charge on any atom is -0.395 e. The standard InChI is InChI=1S/C23H28Cl2N6O2/c1-14(18-5-4-17(24)9-19(18)25)26-20-10-21(27-23-22(20)28-33-29-23)31-12-16(13-31)15-3-2-6-30(11-15)7-8-32/h4-5,9-10,14-16,26,32H,2-3,6-8,11-13H2,1H3/t14-,15+/m1/s1. The number of nitrogens with one attached hydrogen (secondary N) is 1. The number of β-amino-alcohol motifs (C(OH)–C–C–N with tert-alkyl or cyclic N) is 1. The highest BCUT2D eigenvalue weighted by molar-refractivity contribution is 6.35. The Balaban J connectivity index is 1.30. The molecule has 4 heterocycles. The van der Waals surface area contributed by atoms with Gasteiger partial charge in [-0.2, -0.15) is 0 Å². The third-order valence-electron chi connectivity index (χ3n) is 6.88. The van der Waals surface area contributed by atoms with Crippen molar-refractivity contribution in [1.82, 2.24) is 20.2 Å². The van der Waals surface area contributed by atoms with Crippen molar-refractivity contribution in [2.45, 2.75) is 25.8 Å². The topological polar surface area (TPSA) is 90.5 Å². The molecule has 0 spiro atoms. The zero-order valence-electron chi connectivity index (χ0n) is 18.5. The van der Waals surface area contributed by atoms with Gasteiger partial charge in [-0.15, -0.1) is 0 Å². The van der Waals surface area contributed by atoms with Crippen LogP contribution in [0.15, 0.2) is 28.9 Å². The number of aromatic nitrogens is 3. The van der Waals surface area contributed by atoms with Gasteiger partial charge in [0.15, 0.2) is 5.52 Å². The number of halogens is 2. The summed E-state index contributed by atoms with van der Waals surface area (Å²) in [6.07, 6.45) is 2.46. The number of hydrogen-bond donors (Lipinski definition) is 2. The second kappa shape index (κ2) is 9.62. The van der Waals surface area contributed by atoms with E-state index in [2.05, 4.69) is 30.4 Å². The molecule has 8 nitrogen and oxygen atoms in total. The van der Waals surface area contributed by atoms with E-state index >= 15 is 0 Å². The summed E-state index contributed by atoms with van der Waals surface area (Å²) in [6.45, 7) is 7.15. The van der Waals surface area contributed by atoms with Gasteiger partial charge in [0.25, 0.3) is 0 Å². The Morgan fingerprint density at radius 1 is 1.18 bits per heavy atom. The van der Waals surface area contributed by atoms with Crippen LogP contribution in [-0.4, -0.2) is 64.6 Å². The zero-order chi connectivity index (χ0) is 22.9. The van der Waals surface area contributed by atoms with E-state index in [1.165, 1.54) is 12.8 Å². The highest BCUT2D eigenvalue weighted by Crippen LogP contribution is 2.36. The first-order valence-corrected chi connectivity index (χ1v) is 12.2. The molecule has 0 unspecified atom stereocenters. The Labute approximate surface area is 202 Å². The number of fused-ring (bicyclic) bond motifs is 1. The lowest BCUT2D eigenvalue weighted by Crippen LogP contribution is -2.54. The quantitative estimate of drug-likeness (QED) is 0.508. The van der Waals surface area contributed by atoms with Crippen LogP contribution < -0.4 is 10.2 Å². The van der Waals surface area contributed by atoms with Gasteiger partial charge in [-0.1, -0.05) is 29.3 Å². The zero-order valence-corrected chi connectivity index (χ0v) is 20.1. The summed E-state index contributed by atoms with van der Waals surface area (Å²) in [7, 11) is 0. The summed E-state index contributed by atoms with van der Waals surface area (Å²) >= 11 is 12.5. The smallest absolute Gasteiger partial charge is 0.228 e. The van der Waals surface area contributed by atoms with Crippen molar-refractivity contribution in [2.24, 2.45) is 11.8 Å². The average Bonchev–Trinajstić information content (AvgIpc) is 3.22. The minimum atomic E-state index is -0.0752. The van der Waals surface area contributed by atoms with Gasteiger partial charge in [0.1, 0.15) is 5.82 Å². The van der Waals surface area contributed by atoms with Crippen molar-refractivity contribution < 1.29 is 9.74 Å². The molecule has 10 heteroatoms. The molecule has 3 aromatic rings. The highest BCUT2D eigenvalue weighted by atomic mass is 35.5. The fraction of sp³-hybridized carbons (Fsp3) is 0.522. The van der Waals surface area contributed by atoms with Crippen LogP contribution in [0.5, 0.6) is 0 Å². The molecule has 2 aliphatic rings. The van der Waals surface area contributed by atoms with Gasteiger partial charge in [0.05, 0.1) is 18.3 Å². The molecular weight excluding hydrogens is 463 g/mol. The summed E-state index contributed by atoms with van der Waals surface area (Å²) in [6, 6.07) is 7.44. The molecule has 2 aromatic heterocycles. The molecule has 0 amide bonds. The van der Waals surface area contributed by atoms with E-state index in [0.717, 1.165) is 49.8 Å². The maximum Gasteiger partial charge on any atom is 0.228 e. The summed E-state index contributed by atoms with van der Waals surface area (Å²) in [5.41, 5.74) is 2.84. The normalized spacial score (nSPS) is 20.7. The Hall–Kier alpha value is -2.13. The van der Waals surface area contributed by atoms with Gasteiger partial charge in [-0.3, -0.25) is 0 Å². The van der Waals surface area contributed by atoms with Crippen LogP contribution >= 0.6 is 23.2 Å². The number of hydrogen-bond acceptors (Lipinski definition) is 8. The average molecular weight is 491 g/mol. The summed E-state index contributed by atoms with van der Waals surface area (Å²) in [4.78, 5) is 9.35. The van der Waals surface area contributed by atoms with Crippen molar-refractivity contribution >= 4 is 45.9 Å². The third kappa shape index (κ3) is 4.75. The van der Waals surface area contributed by atoms with E-state index in [1.807, 2.05) is 25.1 Å². The van der Waals surface area contributed by atoms with Crippen LogP contribution in [0.3, 0.4) is 0 Å². The van der Waals surface area contributed by atoms with Crippen LogP contribution in [0.1, 0.15) is 31.4 Å². The highest BCUT2D eigenvalue weighted by Gasteiger charge is 2.36. The molecule has 1 aromatic carbocycles. The molecule has 2 N–H and O–H groups in total. The molecular formula is C23H28Cl2N6O2. The van der Waals surface area contributed by atoms with E-state index in [1.54, 1.807) is 6.07 Å². The van der Waals surface area contributed by atoms with Crippen molar-refractivity contribution in [2.75, 3.05) is 49.5 Å². The van der Waals surface area contributed by atoms with Gasteiger partial charge in [-0.25, -0.2) is 9.61 Å². The molecule has 0 aliphatic carbocycles. The molecule has 2 saturated heterocycles. The fourth-order valence-corrected chi connectivity index (χ4v) is 5.59. The number of pyridine rings is 1.